The quantitative estimate of drug-likeness (QED) is 0.245. The highest BCUT2D eigenvalue weighted by Crippen LogP contribution is 2.37. The fourth-order valence-electron chi connectivity index (χ4n) is 4.52. The lowest BCUT2D eigenvalue weighted by Gasteiger charge is -2.10. The van der Waals surface area contributed by atoms with Crippen molar-refractivity contribution in [1.82, 2.24) is 19.2 Å². The maximum absolute atomic E-state index is 13.7. The minimum Gasteiger partial charge on any atom is -0.268 e. The van der Waals surface area contributed by atoms with Gasteiger partial charge in [0.15, 0.2) is 5.16 Å². The molecule has 7 heteroatoms. The van der Waals surface area contributed by atoms with E-state index in [1.54, 1.807) is 27.7 Å². The van der Waals surface area contributed by atoms with Gasteiger partial charge in [-0.05, 0) is 55.9 Å². The number of fused-ring (bicyclic) bond motifs is 5. The molecule has 1 aliphatic carbocycles. The second-order valence-corrected chi connectivity index (χ2v) is 10.5. The molecule has 3 heterocycles. The number of unbranched alkanes of at least 4 members (excludes halogenated alkanes) is 4. The summed E-state index contributed by atoms with van der Waals surface area (Å²) in [7, 11) is 0. The number of benzene rings is 1. The van der Waals surface area contributed by atoms with Gasteiger partial charge in [0.25, 0.3) is 5.56 Å². The zero-order chi connectivity index (χ0) is 21.4. The predicted molar refractivity (Wildman–Crippen MR) is 130 cm³/mol. The smallest absolute Gasteiger partial charge is 0.268 e. The molecule has 0 saturated heterocycles. The van der Waals surface area contributed by atoms with E-state index in [9.17, 15) is 4.79 Å². The highest BCUT2D eigenvalue weighted by molar-refractivity contribution is 7.99. The Hall–Kier alpha value is -2.12. The van der Waals surface area contributed by atoms with Crippen molar-refractivity contribution in [2.24, 2.45) is 0 Å². The van der Waals surface area contributed by atoms with Crippen molar-refractivity contribution in [2.75, 3.05) is 5.75 Å². The molecule has 1 aromatic carbocycles. The van der Waals surface area contributed by atoms with Gasteiger partial charge in [0.1, 0.15) is 4.83 Å². The van der Waals surface area contributed by atoms with Crippen molar-refractivity contribution in [3.8, 4) is 5.69 Å². The molecule has 162 valence electrons. The molecule has 1 aliphatic rings. The van der Waals surface area contributed by atoms with E-state index < -0.39 is 0 Å². The van der Waals surface area contributed by atoms with Gasteiger partial charge < -0.3 is 0 Å². The van der Waals surface area contributed by atoms with Crippen LogP contribution in [0.3, 0.4) is 0 Å². The molecule has 0 radical (unpaired) electrons. The molecule has 4 aromatic rings. The molecule has 0 unspecified atom stereocenters. The largest absolute Gasteiger partial charge is 0.268 e. The number of thiophene rings is 1. The van der Waals surface area contributed by atoms with E-state index in [0.717, 1.165) is 51.6 Å². The summed E-state index contributed by atoms with van der Waals surface area (Å²) in [5.41, 5.74) is 3.27. The Kier molecular flexibility index (Phi) is 5.89. The average molecular weight is 453 g/mol. The SMILES string of the molecule is CCCCCCCSc1nnc2n(-c3cccc(C)c3)c(=O)c3c4c(sc3n12)CCC4. The maximum atomic E-state index is 13.7. The fourth-order valence-corrected chi connectivity index (χ4v) is 6.89. The Morgan fingerprint density at radius 3 is 2.84 bits per heavy atom. The normalized spacial score (nSPS) is 13.5. The summed E-state index contributed by atoms with van der Waals surface area (Å²) in [6.07, 6.45) is 9.51. The van der Waals surface area contributed by atoms with Crippen LogP contribution in [0.15, 0.2) is 34.2 Å². The first-order valence-corrected chi connectivity index (χ1v) is 13.1. The Morgan fingerprint density at radius 1 is 1.13 bits per heavy atom. The number of thioether (sulfide) groups is 1. The first-order valence-electron chi connectivity index (χ1n) is 11.3. The van der Waals surface area contributed by atoms with Crippen LogP contribution in [0.2, 0.25) is 0 Å². The van der Waals surface area contributed by atoms with Crippen LogP contribution in [0.5, 0.6) is 0 Å². The zero-order valence-corrected chi connectivity index (χ0v) is 19.8. The Labute approximate surface area is 190 Å². The zero-order valence-electron chi connectivity index (χ0n) is 18.2. The van der Waals surface area contributed by atoms with Gasteiger partial charge >= 0.3 is 0 Å². The van der Waals surface area contributed by atoms with Crippen LogP contribution >= 0.6 is 23.1 Å². The minimum absolute atomic E-state index is 0.0380. The number of hydrogen-bond acceptors (Lipinski definition) is 5. The second kappa shape index (κ2) is 8.79. The predicted octanol–water partition coefficient (Wildman–Crippen LogP) is 5.95. The van der Waals surface area contributed by atoms with Crippen molar-refractivity contribution in [3.63, 3.8) is 0 Å². The van der Waals surface area contributed by atoms with Gasteiger partial charge in [0.2, 0.25) is 5.78 Å². The van der Waals surface area contributed by atoms with E-state index in [1.807, 2.05) is 12.1 Å². The molecule has 0 aliphatic heterocycles. The third-order valence-electron chi connectivity index (χ3n) is 6.08. The van der Waals surface area contributed by atoms with Gasteiger partial charge in [-0.1, -0.05) is 56.5 Å². The minimum atomic E-state index is 0.0380. The van der Waals surface area contributed by atoms with E-state index in [-0.39, 0.29) is 5.56 Å². The first-order chi connectivity index (χ1) is 15.2. The molecule has 0 bridgehead atoms. The topological polar surface area (TPSA) is 52.2 Å². The van der Waals surface area contributed by atoms with Crippen molar-refractivity contribution < 1.29 is 0 Å². The lowest BCUT2D eigenvalue weighted by Crippen LogP contribution is -2.22. The van der Waals surface area contributed by atoms with Crippen LogP contribution in [0.4, 0.5) is 0 Å². The van der Waals surface area contributed by atoms with Crippen LogP contribution in [-0.4, -0.2) is 24.9 Å². The van der Waals surface area contributed by atoms with E-state index >= 15 is 0 Å². The summed E-state index contributed by atoms with van der Waals surface area (Å²) in [4.78, 5) is 16.1. The van der Waals surface area contributed by atoms with Crippen LogP contribution in [-0.2, 0) is 12.8 Å². The molecule has 0 fully saturated rings. The van der Waals surface area contributed by atoms with Gasteiger partial charge in [0, 0.05) is 10.6 Å². The first kappa shape index (κ1) is 20.8. The maximum Gasteiger partial charge on any atom is 0.268 e. The summed E-state index contributed by atoms with van der Waals surface area (Å²) < 4.78 is 3.90. The molecule has 3 aromatic heterocycles. The molecule has 0 spiro atoms. The van der Waals surface area contributed by atoms with Gasteiger partial charge in [0.05, 0.1) is 11.1 Å². The van der Waals surface area contributed by atoms with Crippen LogP contribution in [0.25, 0.3) is 21.7 Å². The van der Waals surface area contributed by atoms with Gasteiger partial charge in [-0.15, -0.1) is 21.5 Å². The molecular weight excluding hydrogens is 424 g/mol. The molecular formula is C24H28N4OS2. The third-order valence-corrected chi connectivity index (χ3v) is 8.37. The lowest BCUT2D eigenvalue weighted by molar-refractivity contribution is 0.659. The van der Waals surface area contributed by atoms with Crippen molar-refractivity contribution in [3.05, 3.63) is 50.6 Å². The summed E-state index contributed by atoms with van der Waals surface area (Å²) in [6, 6.07) is 8.09. The van der Waals surface area contributed by atoms with E-state index in [4.69, 9.17) is 0 Å². The second-order valence-electron chi connectivity index (χ2n) is 8.40. The highest BCUT2D eigenvalue weighted by Gasteiger charge is 2.26. The monoisotopic (exact) mass is 452 g/mol. The Balaban J connectivity index is 1.64. The van der Waals surface area contributed by atoms with Gasteiger partial charge in [-0.3, -0.25) is 4.79 Å². The van der Waals surface area contributed by atoms with Gasteiger partial charge in [-0.2, -0.15) is 0 Å². The van der Waals surface area contributed by atoms with Crippen molar-refractivity contribution >= 4 is 39.1 Å². The summed E-state index contributed by atoms with van der Waals surface area (Å²) in [5, 5.41) is 10.8. The molecule has 31 heavy (non-hydrogen) atoms. The highest BCUT2D eigenvalue weighted by atomic mass is 32.2. The summed E-state index contributed by atoms with van der Waals surface area (Å²) in [6.45, 7) is 4.30. The number of hydrogen-bond donors (Lipinski definition) is 0. The Bertz CT molecular complexity index is 1300. The van der Waals surface area contributed by atoms with Crippen molar-refractivity contribution in [1.29, 1.82) is 0 Å². The van der Waals surface area contributed by atoms with Crippen LogP contribution < -0.4 is 5.56 Å². The number of rotatable bonds is 8. The van der Waals surface area contributed by atoms with Crippen LogP contribution in [0, 0.1) is 6.92 Å². The van der Waals surface area contributed by atoms with Crippen molar-refractivity contribution in [2.45, 2.75) is 70.4 Å². The van der Waals surface area contributed by atoms with Gasteiger partial charge in [-0.25, -0.2) is 8.97 Å². The molecule has 0 amide bonds. The third kappa shape index (κ3) is 3.72. The Morgan fingerprint density at radius 2 is 2.00 bits per heavy atom. The molecule has 5 rings (SSSR count). The van der Waals surface area contributed by atoms with E-state index in [2.05, 4.69) is 40.6 Å². The fraction of sp³-hybridized carbons (Fsp3) is 0.458. The standard InChI is InChI=1S/C24H28N4OS2/c1-3-4-5-6-7-14-30-24-26-25-23-27(17-11-8-10-16(2)15-17)21(29)20-18-12-9-13-19(18)31-22(20)28(23)24/h8,10-11,15H,3-7,9,12-14H2,1-2H3. The number of nitrogens with zero attached hydrogens (tertiary/aromatic N) is 4. The van der Waals surface area contributed by atoms with Crippen LogP contribution in [0.1, 0.15) is 61.5 Å². The summed E-state index contributed by atoms with van der Waals surface area (Å²) >= 11 is 3.53. The molecule has 0 saturated carbocycles. The van der Waals surface area contributed by atoms with E-state index in [1.165, 1.54) is 42.5 Å². The molecule has 0 atom stereocenters. The molecule has 0 N–H and O–H groups in total. The summed E-state index contributed by atoms with van der Waals surface area (Å²) in [5.74, 6) is 1.65. The lowest BCUT2D eigenvalue weighted by atomic mass is 10.2. The molecule has 5 nitrogen and oxygen atoms in total. The number of aromatic nitrogens is 4. The number of aryl methyl sites for hydroxylation is 3. The average Bonchev–Trinajstić information content (AvgIpc) is 3.45. The van der Waals surface area contributed by atoms with E-state index in [0.29, 0.717) is 5.78 Å².